The van der Waals surface area contributed by atoms with E-state index in [1.54, 1.807) is 6.20 Å². The molecule has 0 bridgehead atoms. The van der Waals surface area contributed by atoms with Crippen LogP contribution in [0.3, 0.4) is 0 Å². The summed E-state index contributed by atoms with van der Waals surface area (Å²) in [6.07, 6.45) is 2.30. The van der Waals surface area contributed by atoms with Crippen LogP contribution >= 0.6 is 11.6 Å². The maximum atomic E-state index is 11.6. The van der Waals surface area contributed by atoms with Gasteiger partial charge in [-0.3, -0.25) is 4.68 Å². The molecule has 1 aromatic heterocycles. The molecule has 5 nitrogen and oxygen atoms in total. The zero-order chi connectivity index (χ0) is 13.3. The molecule has 1 saturated heterocycles. The SMILES string of the molecule is CCn1ncc(Cl)c1C(NC)C1CCS(=O)(=O)C1. The number of hydrogen-bond acceptors (Lipinski definition) is 4. The second kappa shape index (κ2) is 5.19. The average molecular weight is 292 g/mol. The molecule has 2 heterocycles. The van der Waals surface area contributed by atoms with Crippen molar-refractivity contribution in [2.45, 2.75) is 25.9 Å². The lowest BCUT2D eigenvalue weighted by molar-refractivity contribution is 0.390. The van der Waals surface area contributed by atoms with Crippen LogP contribution in [0, 0.1) is 5.92 Å². The number of aromatic nitrogens is 2. The monoisotopic (exact) mass is 291 g/mol. The minimum atomic E-state index is -2.89. The van der Waals surface area contributed by atoms with Crippen LogP contribution in [-0.2, 0) is 16.4 Å². The van der Waals surface area contributed by atoms with Gasteiger partial charge in [0.1, 0.15) is 0 Å². The highest BCUT2D eigenvalue weighted by Crippen LogP contribution is 2.34. The largest absolute Gasteiger partial charge is 0.311 e. The topological polar surface area (TPSA) is 64.0 Å². The van der Waals surface area contributed by atoms with Crippen molar-refractivity contribution in [2.24, 2.45) is 5.92 Å². The summed E-state index contributed by atoms with van der Waals surface area (Å²) in [5.74, 6) is 0.566. The molecule has 0 amide bonds. The molecule has 0 spiro atoms. The quantitative estimate of drug-likeness (QED) is 0.907. The molecule has 7 heteroatoms. The van der Waals surface area contributed by atoms with Gasteiger partial charge in [-0.25, -0.2) is 8.42 Å². The van der Waals surface area contributed by atoms with E-state index in [1.165, 1.54) is 0 Å². The maximum absolute atomic E-state index is 11.6. The predicted octanol–water partition coefficient (Wildman–Crippen LogP) is 1.25. The molecule has 2 unspecified atom stereocenters. The van der Waals surface area contributed by atoms with E-state index >= 15 is 0 Å². The van der Waals surface area contributed by atoms with Crippen LogP contribution in [0.15, 0.2) is 6.20 Å². The second-order valence-corrected chi connectivity index (χ2v) is 7.26. The fourth-order valence-electron chi connectivity index (χ4n) is 2.62. The van der Waals surface area contributed by atoms with Crippen molar-refractivity contribution in [3.63, 3.8) is 0 Å². The third-order valence-corrected chi connectivity index (χ3v) is 5.56. The summed E-state index contributed by atoms with van der Waals surface area (Å²) < 4.78 is 25.0. The Hall–Kier alpha value is -0.590. The molecular formula is C11H18ClN3O2S. The van der Waals surface area contributed by atoms with Crippen molar-refractivity contribution in [3.05, 3.63) is 16.9 Å². The molecule has 102 valence electrons. The van der Waals surface area contributed by atoms with E-state index in [-0.39, 0.29) is 23.5 Å². The van der Waals surface area contributed by atoms with Gasteiger partial charge in [-0.1, -0.05) is 11.6 Å². The first kappa shape index (κ1) is 13.8. The van der Waals surface area contributed by atoms with Gasteiger partial charge in [-0.2, -0.15) is 5.10 Å². The van der Waals surface area contributed by atoms with Gasteiger partial charge >= 0.3 is 0 Å². The number of aryl methyl sites for hydroxylation is 1. The number of sulfone groups is 1. The number of rotatable bonds is 4. The van der Waals surface area contributed by atoms with Gasteiger partial charge in [0.25, 0.3) is 0 Å². The summed E-state index contributed by atoms with van der Waals surface area (Å²) in [6, 6.07) is -0.0581. The lowest BCUT2D eigenvalue weighted by Gasteiger charge is -2.23. The normalized spacial score (nSPS) is 24.3. The lowest BCUT2D eigenvalue weighted by atomic mass is 9.96. The summed E-state index contributed by atoms with van der Waals surface area (Å²) >= 11 is 6.17. The molecule has 1 fully saturated rings. The zero-order valence-corrected chi connectivity index (χ0v) is 12.1. The molecular weight excluding hydrogens is 274 g/mol. The summed E-state index contributed by atoms with van der Waals surface area (Å²) in [5, 5.41) is 7.99. The Balaban J connectivity index is 2.31. The van der Waals surface area contributed by atoms with Crippen LogP contribution in [0.5, 0.6) is 0 Å². The van der Waals surface area contributed by atoms with Gasteiger partial charge in [0.15, 0.2) is 9.84 Å². The molecule has 0 radical (unpaired) electrons. The molecule has 1 aliphatic rings. The number of nitrogens with one attached hydrogen (secondary N) is 1. The van der Waals surface area contributed by atoms with Gasteiger partial charge in [0.2, 0.25) is 0 Å². The first-order valence-corrected chi connectivity index (χ1v) is 8.27. The molecule has 2 rings (SSSR count). The molecule has 1 N–H and O–H groups in total. The Morgan fingerprint density at radius 1 is 1.67 bits per heavy atom. The standard InChI is InChI=1S/C11H18ClN3O2S/c1-3-15-11(9(12)6-14-15)10(13-2)8-4-5-18(16,17)7-8/h6,8,10,13H,3-5,7H2,1-2H3. The summed E-state index contributed by atoms with van der Waals surface area (Å²) in [4.78, 5) is 0. The molecule has 0 aromatic carbocycles. The van der Waals surface area contributed by atoms with Gasteiger partial charge in [-0.05, 0) is 26.3 Å². The second-order valence-electron chi connectivity index (χ2n) is 4.62. The smallest absolute Gasteiger partial charge is 0.150 e. The fourth-order valence-corrected chi connectivity index (χ4v) is 4.71. The summed E-state index contributed by atoms with van der Waals surface area (Å²) in [5.41, 5.74) is 0.892. The Kier molecular flexibility index (Phi) is 3.99. The van der Waals surface area contributed by atoms with Crippen molar-refractivity contribution in [1.82, 2.24) is 15.1 Å². The van der Waals surface area contributed by atoms with E-state index in [9.17, 15) is 8.42 Å². The predicted molar refractivity (Wildman–Crippen MR) is 71.5 cm³/mol. The van der Waals surface area contributed by atoms with Crippen molar-refractivity contribution >= 4 is 21.4 Å². The third kappa shape index (κ3) is 2.55. The van der Waals surface area contributed by atoms with Crippen molar-refractivity contribution < 1.29 is 8.42 Å². The first-order valence-electron chi connectivity index (χ1n) is 6.07. The molecule has 0 saturated carbocycles. The van der Waals surface area contributed by atoms with Crippen LogP contribution in [0.2, 0.25) is 5.02 Å². The Labute approximate surface area is 112 Å². The van der Waals surface area contributed by atoms with Crippen LogP contribution in [0.25, 0.3) is 0 Å². The van der Waals surface area contributed by atoms with Gasteiger partial charge in [0.05, 0.1) is 34.5 Å². The van der Waals surface area contributed by atoms with Crippen LogP contribution in [0.1, 0.15) is 25.1 Å². The van der Waals surface area contributed by atoms with Crippen LogP contribution in [-0.4, -0.2) is 36.8 Å². The van der Waals surface area contributed by atoms with Gasteiger partial charge in [0, 0.05) is 6.54 Å². The summed E-state index contributed by atoms with van der Waals surface area (Å²) in [6.45, 7) is 2.71. The van der Waals surface area contributed by atoms with Crippen LogP contribution < -0.4 is 5.32 Å². The maximum Gasteiger partial charge on any atom is 0.150 e. The fraction of sp³-hybridized carbons (Fsp3) is 0.727. The highest BCUT2D eigenvalue weighted by atomic mass is 35.5. The highest BCUT2D eigenvalue weighted by Gasteiger charge is 2.36. The minimum Gasteiger partial charge on any atom is -0.311 e. The minimum absolute atomic E-state index is 0.0581. The summed E-state index contributed by atoms with van der Waals surface area (Å²) in [7, 11) is -1.05. The zero-order valence-electron chi connectivity index (χ0n) is 10.6. The van der Waals surface area contributed by atoms with Crippen LogP contribution in [0.4, 0.5) is 0 Å². The van der Waals surface area contributed by atoms with Crippen molar-refractivity contribution in [2.75, 3.05) is 18.6 Å². The highest BCUT2D eigenvalue weighted by molar-refractivity contribution is 7.91. The molecule has 1 aliphatic heterocycles. The van der Waals surface area contributed by atoms with E-state index in [1.807, 2.05) is 18.7 Å². The van der Waals surface area contributed by atoms with E-state index in [0.717, 1.165) is 12.2 Å². The van der Waals surface area contributed by atoms with Crippen molar-refractivity contribution in [1.29, 1.82) is 0 Å². The number of halogens is 1. The number of hydrogen-bond donors (Lipinski definition) is 1. The van der Waals surface area contributed by atoms with E-state index in [2.05, 4.69) is 10.4 Å². The first-order chi connectivity index (χ1) is 8.48. The van der Waals surface area contributed by atoms with Gasteiger partial charge in [-0.15, -0.1) is 0 Å². The molecule has 0 aliphatic carbocycles. The van der Waals surface area contributed by atoms with Gasteiger partial charge < -0.3 is 5.32 Å². The number of nitrogens with zero attached hydrogens (tertiary/aromatic N) is 2. The molecule has 1 aromatic rings. The van der Waals surface area contributed by atoms with Crippen molar-refractivity contribution in [3.8, 4) is 0 Å². The lowest BCUT2D eigenvalue weighted by Crippen LogP contribution is -2.28. The third-order valence-electron chi connectivity index (χ3n) is 3.48. The Morgan fingerprint density at radius 2 is 2.39 bits per heavy atom. The van der Waals surface area contributed by atoms with E-state index in [0.29, 0.717) is 11.4 Å². The molecule has 2 atom stereocenters. The van der Waals surface area contributed by atoms with E-state index < -0.39 is 9.84 Å². The van der Waals surface area contributed by atoms with E-state index in [4.69, 9.17) is 11.6 Å². The average Bonchev–Trinajstić information content (AvgIpc) is 2.85. The Bertz CT molecular complexity index is 526. The Morgan fingerprint density at radius 3 is 2.89 bits per heavy atom. The molecule has 18 heavy (non-hydrogen) atoms.